The number of rotatable bonds is 9. The van der Waals surface area contributed by atoms with Gasteiger partial charge in [-0.05, 0) is 63.9 Å². The normalized spacial score (nSPS) is 32.8. The first kappa shape index (κ1) is 41.1. The Morgan fingerprint density at radius 1 is 1.15 bits per heavy atom. The van der Waals surface area contributed by atoms with E-state index < -0.39 is 64.9 Å². The van der Waals surface area contributed by atoms with Crippen LogP contribution in [-0.4, -0.2) is 118 Å². The molecule has 7 N–H and O–H groups in total. The fraction of sp³-hybridized carbons (Fsp3) is 0.625. The van der Waals surface area contributed by atoms with Crippen molar-refractivity contribution in [2.45, 2.75) is 77.2 Å². The fourth-order valence-electron chi connectivity index (χ4n) is 5.69. The molecule has 0 spiro atoms. The summed E-state index contributed by atoms with van der Waals surface area (Å²) in [6, 6.07) is 0. The van der Waals surface area contributed by atoms with Crippen molar-refractivity contribution in [2.75, 3.05) is 41.4 Å². The molecule has 1 heterocycles. The average Bonchev–Trinajstić information content (AvgIpc) is 2.98. The van der Waals surface area contributed by atoms with Gasteiger partial charge in [-0.3, -0.25) is 9.35 Å². The first-order valence-corrected chi connectivity index (χ1v) is 17.0. The summed E-state index contributed by atoms with van der Waals surface area (Å²) < 4.78 is 55.8. The number of likely N-dealkylation sites (N-methyl/N-ethyl adjacent to an activating group) is 1. The third-order valence-corrected chi connectivity index (χ3v) is 8.58. The molecule has 2 bridgehead atoms. The highest BCUT2D eigenvalue weighted by Crippen LogP contribution is 2.34. The predicted octanol–water partition coefficient (Wildman–Crippen LogP) is 1.32. The summed E-state index contributed by atoms with van der Waals surface area (Å²) in [6.07, 6.45) is 0.537. The Balaban J connectivity index is 2.74. The van der Waals surface area contributed by atoms with Crippen LogP contribution in [0.25, 0.3) is 0 Å². The van der Waals surface area contributed by atoms with Crippen LogP contribution in [0.15, 0.2) is 58.5 Å². The molecule has 1 aliphatic carbocycles. The number of carbonyl (C=O) groups excluding carboxylic acids is 2. The number of hydrogen-bond acceptors (Lipinski definition) is 12. The molecule has 0 saturated carbocycles. The number of methoxy groups -OCH3 is 2. The minimum absolute atomic E-state index is 0.0957. The molecule has 0 aromatic carbocycles. The molecule has 2 unspecified atom stereocenters. The summed E-state index contributed by atoms with van der Waals surface area (Å²) in [5.74, 6) is -1.46. The van der Waals surface area contributed by atoms with Crippen LogP contribution in [0.3, 0.4) is 0 Å². The number of amides is 2. The Morgan fingerprint density at radius 3 is 2.38 bits per heavy atom. The van der Waals surface area contributed by atoms with Gasteiger partial charge in [0.05, 0.1) is 17.9 Å². The molecule has 0 saturated heterocycles. The van der Waals surface area contributed by atoms with Crippen molar-refractivity contribution < 1.29 is 51.2 Å². The molecule has 2 rings (SSSR count). The number of fused-ring (bicyclic) bond motifs is 2. The SMILES string of the molecule is CO[C@H]1/C=C/C=C(/C)C(=O)NC2=CC(O)C(NCCN(C)C)=C(C[C@@H](C)C[C@H](OC)[C@H](O)[C@@H](C)/C=C(\C)[C@H]1OC(N)=O)C2OS(=O)(=O)O. The van der Waals surface area contributed by atoms with E-state index in [0.29, 0.717) is 18.7 Å². The summed E-state index contributed by atoms with van der Waals surface area (Å²) in [5.41, 5.74) is 6.54. The third kappa shape index (κ3) is 12.4. The maximum absolute atomic E-state index is 13.3. The van der Waals surface area contributed by atoms with E-state index in [9.17, 15) is 32.8 Å². The highest BCUT2D eigenvalue weighted by molar-refractivity contribution is 7.80. The smallest absolute Gasteiger partial charge is 0.405 e. The number of nitrogens with one attached hydrogen (secondary N) is 2. The molecule has 16 heteroatoms. The highest BCUT2D eigenvalue weighted by atomic mass is 32.3. The number of carbonyl (C=O) groups is 2. The van der Waals surface area contributed by atoms with E-state index >= 15 is 0 Å². The molecule has 48 heavy (non-hydrogen) atoms. The summed E-state index contributed by atoms with van der Waals surface area (Å²) in [7, 11) is 1.55. The Hall–Kier alpha value is -3.09. The molecular weight excluding hydrogens is 648 g/mol. The number of aliphatic hydroxyl groups is 2. The molecule has 2 amide bonds. The number of nitrogens with two attached hydrogens (primary N) is 1. The molecule has 1 aliphatic heterocycles. The monoisotopic (exact) mass is 700 g/mol. The average molecular weight is 701 g/mol. The summed E-state index contributed by atoms with van der Waals surface area (Å²) in [4.78, 5) is 27.0. The topological polar surface area (TPSA) is 219 Å². The maximum atomic E-state index is 13.3. The van der Waals surface area contributed by atoms with Crippen molar-refractivity contribution in [3.8, 4) is 0 Å². The van der Waals surface area contributed by atoms with Crippen LogP contribution in [0.1, 0.15) is 40.5 Å². The van der Waals surface area contributed by atoms with E-state index in [4.69, 9.17) is 24.1 Å². The highest BCUT2D eigenvalue weighted by Gasteiger charge is 2.37. The zero-order valence-electron chi connectivity index (χ0n) is 28.9. The van der Waals surface area contributed by atoms with Gasteiger partial charge in [0.15, 0.2) is 6.10 Å². The Labute approximate surface area is 283 Å². The van der Waals surface area contributed by atoms with Crippen LogP contribution in [-0.2, 0) is 33.6 Å². The second kappa shape index (κ2) is 18.6. The second-order valence-corrected chi connectivity index (χ2v) is 13.5. The van der Waals surface area contributed by atoms with Crippen LogP contribution in [0.5, 0.6) is 0 Å². The molecule has 15 nitrogen and oxygen atoms in total. The number of primary amides is 1. The summed E-state index contributed by atoms with van der Waals surface area (Å²) in [6.45, 7) is 7.80. The van der Waals surface area contributed by atoms with Crippen molar-refractivity contribution in [1.82, 2.24) is 15.5 Å². The molecule has 272 valence electrons. The summed E-state index contributed by atoms with van der Waals surface area (Å²) >= 11 is 0. The van der Waals surface area contributed by atoms with Gasteiger partial charge in [0.25, 0.3) is 5.91 Å². The van der Waals surface area contributed by atoms with Crippen molar-refractivity contribution in [3.63, 3.8) is 0 Å². The molecule has 0 aromatic rings. The zero-order chi connectivity index (χ0) is 36.3. The van der Waals surface area contributed by atoms with Gasteiger partial charge in [0, 0.05) is 44.5 Å². The van der Waals surface area contributed by atoms with E-state index in [-0.39, 0.29) is 41.3 Å². The van der Waals surface area contributed by atoms with E-state index in [1.165, 1.54) is 39.4 Å². The number of nitrogens with zero attached hydrogens (tertiary/aromatic N) is 1. The van der Waals surface area contributed by atoms with Crippen LogP contribution in [0.4, 0.5) is 4.79 Å². The van der Waals surface area contributed by atoms with Crippen molar-refractivity contribution in [1.29, 1.82) is 0 Å². The zero-order valence-corrected chi connectivity index (χ0v) is 29.7. The number of hydrogen-bond donors (Lipinski definition) is 6. The maximum Gasteiger partial charge on any atom is 0.405 e. The van der Waals surface area contributed by atoms with E-state index in [1.807, 2.05) is 25.9 Å². The van der Waals surface area contributed by atoms with Gasteiger partial charge < -0.3 is 45.7 Å². The van der Waals surface area contributed by atoms with Crippen molar-refractivity contribution in [2.24, 2.45) is 17.6 Å². The van der Waals surface area contributed by atoms with Crippen molar-refractivity contribution >= 4 is 22.4 Å². The first-order valence-electron chi connectivity index (χ1n) is 15.6. The second-order valence-electron chi connectivity index (χ2n) is 12.5. The quantitative estimate of drug-likeness (QED) is 0.148. The number of aliphatic hydroxyl groups excluding tert-OH is 2. The van der Waals surface area contributed by atoms with Crippen LogP contribution < -0.4 is 16.4 Å². The Morgan fingerprint density at radius 2 is 1.81 bits per heavy atom. The minimum Gasteiger partial charge on any atom is -0.439 e. The van der Waals surface area contributed by atoms with Gasteiger partial charge >= 0.3 is 16.5 Å². The third-order valence-electron chi connectivity index (χ3n) is 8.15. The van der Waals surface area contributed by atoms with E-state index in [0.717, 1.165) is 0 Å². The molecular formula is C32H52N4O11S. The number of allylic oxidation sites excluding steroid dienone is 2. The first-order chi connectivity index (χ1) is 22.4. The lowest BCUT2D eigenvalue weighted by atomic mass is 9.84. The molecule has 0 fully saturated rings. The molecule has 2 aliphatic rings. The standard InChI is InChI=1S/C32H52N4O11S/c1-18-14-22-27(34-12-13-36(5)6)24(37)17-23(30(22)47-48(41,42)43)35-31(39)19(2)10-9-11-25(44-7)29(46-32(33)40)21(4)16-20(3)28(38)26(15-18)45-8/h9-11,16-18,20,24-26,28-30,34,37-38H,12-15H2,1-8H3,(H2,33,40)(H,35,39)(H,41,42,43)/b11-9+,19-10-,21-16+/t18-,20+,24?,25+,26+,28-,29-,30?/m1/s1. The molecule has 0 radical (unpaired) electrons. The molecule has 8 atom stereocenters. The lowest BCUT2D eigenvalue weighted by Gasteiger charge is -2.34. The fourth-order valence-corrected chi connectivity index (χ4v) is 6.15. The van der Waals surface area contributed by atoms with Gasteiger partial charge in [0.2, 0.25) is 0 Å². The lowest BCUT2D eigenvalue weighted by molar-refractivity contribution is -0.117. The van der Waals surface area contributed by atoms with Crippen LogP contribution in [0, 0.1) is 11.8 Å². The van der Waals surface area contributed by atoms with Gasteiger partial charge in [-0.15, -0.1) is 0 Å². The van der Waals surface area contributed by atoms with E-state index in [1.54, 1.807) is 26.0 Å². The van der Waals surface area contributed by atoms with Gasteiger partial charge in [-0.1, -0.05) is 38.2 Å². The number of ether oxygens (including phenoxy) is 3. The van der Waals surface area contributed by atoms with Gasteiger partial charge in [0.1, 0.15) is 18.3 Å². The largest absolute Gasteiger partial charge is 0.439 e. The van der Waals surface area contributed by atoms with Crippen LogP contribution in [0.2, 0.25) is 0 Å². The van der Waals surface area contributed by atoms with Crippen molar-refractivity contribution in [3.05, 3.63) is 58.5 Å². The predicted molar refractivity (Wildman–Crippen MR) is 179 cm³/mol. The Bertz CT molecular complexity index is 1390. The molecule has 0 aromatic heterocycles. The van der Waals surface area contributed by atoms with Crippen LogP contribution >= 0.6 is 0 Å². The Kier molecular flexibility index (Phi) is 15.9. The van der Waals surface area contributed by atoms with Gasteiger partial charge in [-0.25, -0.2) is 8.98 Å². The minimum atomic E-state index is -5.05. The lowest BCUT2D eigenvalue weighted by Crippen LogP contribution is -2.43. The summed E-state index contributed by atoms with van der Waals surface area (Å²) in [5, 5.41) is 28.4. The van der Waals surface area contributed by atoms with Gasteiger partial charge in [-0.2, -0.15) is 8.42 Å². The van der Waals surface area contributed by atoms with E-state index in [2.05, 4.69) is 10.6 Å².